The maximum atomic E-state index is 15.3. The van der Waals surface area contributed by atoms with E-state index in [0.29, 0.717) is 29.4 Å². The number of nitrogens with zero attached hydrogens (tertiary/aromatic N) is 1. The SMILES string of the molecule is CC(C)C[C@@H]1NC(=O)[C@H](CCCCN)NC(=O)[C@H](Cc2ccc(O)cc2)NC(=O)CNC(=O)[C@@H]2CSSC[C@H](NC1=O)C(=O)N[C@@H](Cc1cccc3ccccc13)C(=O)N1CC[C@H](O)[C@H]1C(=O)N[C@H](C(=O)O)CSSC[C@H](NC(=O)[C@@H](NC(=O)CNC(=O)[C@@H]1CCC(=O)N1)C(C)C)C(=O)N2. The normalized spacial score (nSPS) is 25.7. The summed E-state index contributed by atoms with van der Waals surface area (Å²) in [5, 5.41) is 64.8. The van der Waals surface area contributed by atoms with Crippen LogP contribution in [0.25, 0.3) is 10.8 Å². The molecule has 100 heavy (non-hydrogen) atoms. The number of aromatic hydroxyl groups is 1. The van der Waals surface area contributed by atoms with Crippen molar-refractivity contribution in [2.75, 3.05) is 49.2 Å². The van der Waals surface area contributed by atoms with Gasteiger partial charge in [-0.15, -0.1) is 0 Å². The maximum absolute atomic E-state index is 15.3. The van der Waals surface area contributed by atoms with E-state index in [1.807, 2.05) is 24.3 Å². The molecule has 0 aromatic heterocycles. The zero-order chi connectivity index (χ0) is 72.7. The summed E-state index contributed by atoms with van der Waals surface area (Å²) in [6, 6.07) is 2.01. The Morgan fingerprint density at radius 1 is 0.630 bits per heavy atom. The van der Waals surface area contributed by atoms with Crippen LogP contribution in [0.2, 0.25) is 0 Å². The van der Waals surface area contributed by atoms with Crippen LogP contribution in [-0.2, 0) is 80.0 Å². The molecule has 0 unspecified atom stereocenters. The number of aliphatic hydroxyl groups excluding tert-OH is 1. The number of nitrogens with one attached hydrogen (secondary N) is 12. The number of rotatable bonds is 18. The third-order valence-corrected chi connectivity index (χ3v) is 21.7. The van der Waals surface area contributed by atoms with Gasteiger partial charge in [0.2, 0.25) is 76.8 Å². The molecular weight excluding hydrogens is 1380 g/mol. The molecule has 4 aliphatic rings. The number of carbonyl (C=O) groups is 14. The van der Waals surface area contributed by atoms with Gasteiger partial charge in [-0.05, 0) is 90.9 Å². The molecule has 2 bridgehead atoms. The molecule has 0 spiro atoms. The second-order valence-corrected chi connectivity index (χ2v) is 30.5. The number of carboxylic acids is 1. The van der Waals surface area contributed by atoms with E-state index in [2.05, 4.69) is 63.8 Å². The summed E-state index contributed by atoms with van der Waals surface area (Å²) in [5.41, 5.74) is 6.87. The number of fused-ring (bicyclic) bond motifs is 7. The first-order valence-electron chi connectivity index (χ1n) is 32.9. The predicted molar refractivity (Wildman–Crippen MR) is 375 cm³/mol. The number of aliphatic hydroxyl groups is 1. The van der Waals surface area contributed by atoms with E-state index in [0.717, 1.165) is 53.5 Å². The second-order valence-electron chi connectivity index (χ2n) is 25.4. The van der Waals surface area contributed by atoms with Gasteiger partial charge in [0.25, 0.3) is 0 Å². The highest BCUT2D eigenvalue weighted by Gasteiger charge is 2.45. The quantitative estimate of drug-likeness (QED) is 0.0478. The van der Waals surface area contributed by atoms with Crippen LogP contribution in [0.15, 0.2) is 66.7 Å². The van der Waals surface area contributed by atoms with Crippen molar-refractivity contribution in [3.05, 3.63) is 77.9 Å². The van der Waals surface area contributed by atoms with E-state index < -0.39 is 180 Å². The number of benzene rings is 3. The highest BCUT2D eigenvalue weighted by Crippen LogP contribution is 2.28. The highest BCUT2D eigenvalue weighted by atomic mass is 33.1. The van der Waals surface area contributed by atoms with Gasteiger partial charge in [0.1, 0.15) is 72.2 Å². The molecule has 12 atom stereocenters. The Labute approximate surface area is 593 Å². The number of carbonyl (C=O) groups excluding carboxylic acids is 13. The topological polar surface area (TPSA) is 473 Å². The fourth-order valence-electron chi connectivity index (χ4n) is 11.4. The first kappa shape index (κ1) is 79.0. The summed E-state index contributed by atoms with van der Waals surface area (Å²) < 4.78 is 0. The molecule has 0 radical (unpaired) electrons. The maximum Gasteiger partial charge on any atom is 0.327 e. The lowest BCUT2D eigenvalue weighted by Crippen LogP contribution is -2.61. The van der Waals surface area contributed by atoms with Gasteiger partial charge in [-0.2, -0.15) is 0 Å². The van der Waals surface area contributed by atoms with E-state index >= 15 is 9.59 Å². The molecule has 4 saturated heterocycles. The first-order chi connectivity index (χ1) is 47.7. The number of phenols is 1. The molecule has 13 amide bonds. The van der Waals surface area contributed by atoms with Crippen LogP contribution in [0, 0.1) is 11.8 Å². The molecule has 4 heterocycles. The minimum absolute atomic E-state index is 0.00251. The number of carboxylic acid groups (broad SMARTS) is 1. The molecule has 35 heteroatoms. The lowest BCUT2D eigenvalue weighted by Gasteiger charge is -2.31. The molecule has 0 saturated carbocycles. The van der Waals surface area contributed by atoms with E-state index in [1.165, 1.54) is 24.3 Å². The zero-order valence-corrected chi connectivity index (χ0v) is 58.9. The first-order valence-corrected chi connectivity index (χ1v) is 37.9. The number of hydrogen-bond donors (Lipinski definition) is 16. The van der Waals surface area contributed by atoms with E-state index in [1.54, 1.807) is 45.9 Å². The third-order valence-electron chi connectivity index (χ3n) is 16.8. The van der Waals surface area contributed by atoms with Gasteiger partial charge in [-0.25, -0.2) is 4.79 Å². The molecular formula is C65H88N14O17S4. The molecule has 31 nitrogen and oxygen atoms in total. The molecule has 544 valence electrons. The Hall–Kier alpha value is -8.38. The van der Waals surface area contributed by atoms with Crippen LogP contribution in [-0.4, -0.2) is 225 Å². The Kier molecular flexibility index (Phi) is 30.3. The van der Waals surface area contributed by atoms with Crippen LogP contribution in [0.3, 0.4) is 0 Å². The van der Waals surface area contributed by atoms with Crippen LogP contribution in [0.4, 0.5) is 0 Å². The molecule has 3 aromatic carbocycles. The Balaban J connectivity index is 1.29. The summed E-state index contributed by atoms with van der Waals surface area (Å²) in [5.74, 6) is -15.3. The Morgan fingerprint density at radius 2 is 1.27 bits per heavy atom. The number of unbranched alkanes of at least 4 members (excludes halogenated alkanes) is 1. The van der Waals surface area contributed by atoms with E-state index in [9.17, 15) is 72.9 Å². The monoisotopic (exact) mass is 1460 g/mol. The standard InChI is InChI=1S/C65H88N14O17S4/c1-33(2)24-42-58(88)75-46-30-98-97-29-45(56(86)68-27-51(83)70-43(25-35-15-17-38(80)18-16-35)59(89)71-40(57(87)72-42)14-7-8-22-66)74-61(91)47(76-62(92)53(34(3)4)78-52(84)28-67-55(85)41-19-20-50(82)69-41)31-99-100-32-48(65(95)96)77-63(93)54-49(81)21-23-79(54)64(94)44(73-60(46)90)26-37-12-9-11-36-10-5-6-13-39(36)37/h5-6,9-13,15-18,33-34,40-49,53-54,80-81H,7-8,14,19-32,66H2,1-4H3,(H,67,85)(H,68,86)(H,69,82)(H,70,83)(H,71,89)(H,72,87)(H,73,90)(H,74,91)(H,75,88)(H,76,92)(H,77,93)(H,78,84)(H,95,96)/t40-,41-,42-,43-,44-,45-,46-,47-,48-,49-,53-,54-/m0/s1. The van der Waals surface area contributed by atoms with E-state index in [-0.39, 0.29) is 87.1 Å². The number of aliphatic carboxylic acids is 1. The van der Waals surface area contributed by atoms with Crippen molar-refractivity contribution < 1.29 is 82.4 Å². The molecule has 0 aliphatic carbocycles. The number of nitrogens with two attached hydrogens (primary N) is 1. The van der Waals surface area contributed by atoms with Gasteiger partial charge in [0.15, 0.2) is 0 Å². The fourth-order valence-corrected chi connectivity index (χ4v) is 16.1. The van der Waals surface area contributed by atoms with Crippen LogP contribution in [0.1, 0.15) is 83.8 Å². The summed E-state index contributed by atoms with van der Waals surface area (Å²) in [4.78, 5) is 199. The number of phenolic OH excluding ortho intramolecular Hbond substituents is 1. The number of amides is 13. The Morgan fingerprint density at radius 3 is 1.95 bits per heavy atom. The van der Waals surface area contributed by atoms with Crippen molar-refractivity contribution in [2.24, 2.45) is 17.6 Å². The van der Waals surface area contributed by atoms with Crippen LogP contribution in [0.5, 0.6) is 5.75 Å². The zero-order valence-electron chi connectivity index (χ0n) is 55.7. The van der Waals surface area contributed by atoms with Crippen molar-refractivity contribution in [3.8, 4) is 5.75 Å². The van der Waals surface area contributed by atoms with Crippen molar-refractivity contribution in [1.29, 1.82) is 0 Å². The smallest absolute Gasteiger partial charge is 0.327 e. The largest absolute Gasteiger partial charge is 0.508 e. The molecule has 3 aromatic rings. The Bertz CT molecular complexity index is 3480. The van der Waals surface area contributed by atoms with Gasteiger partial charge in [0.05, 0.1) is 19.2 Å². The summed E-state index contributed by atoms with van der Waals surface area (Å²) in [7, 11) is 3.53. The average Bonchev–Trinajstić information content (AvgIpc) is 1.53. The van der Waals surface area contributed by atoms with Crippen molar-refractivity contribution >= 4 is 137 Å². The highest BCUT2D eigenvalue weighted by molar-refractivity contribution is 8.77. The fraction of sp³-hybridized carbons (Fsp3) is 0.538. The van der Waals surface area contributed by atoms with Crippen LogP contribution >= 0.6 is 43.2 Å². The summed E-state index contributed by atoms with van der Waals surface area (Å²) in [6.45, 7) is 5.28. The lowest BCUT2D eigenvalue weighted by molar-refractivity contribution is -0.146. The molecule has 7 rings (SSSR count). The van der Waals surface area contributed by atoms with Gasteiger partial charge in [-0.1, -0.05) is 125 Å². The van der Waals surface area contributed by atoms with Crippen molar-refractivity contribution in [3.63, 3.8) is 0 Å². The van der Waals surface area contributed by atoms with Gasteiger partial charge >= 0.3 is 5.97 Å². The van der Waals surface area contributed by atoms with Gasteiger partial charge in [-0.3, -0.25) is 62.3 Å². The minimum atomic E-state index is -1.71. The molecule has 17 N–H and O–H groups in total. The predicted octanol–water partition coefficient (Wildman–Crippen LogP) is -2.13. The second kappa shape index (κ2) is 38.4. The molecule has 4 aliphatic heterocycles. The average molecular weight is 1470 g/mol. The van der Waals surface area contributed by atoms with Crippen LogP contribution < -0.4 is 69.5 Å². The van der Waals surface area contributed by atoms with Gasteiger partial charge in [0, 0.05) is 48.8 Å². The number of hydrogen-bond acceptors (Lipinski definition) is 21. The summed E-state index contributed by atoms with van der Waals surface area (Å²) in [6.07, 6.45) is -1.08. The van der Waals surface area contributed by atoms with E-state index in [4.69, 9.17) is 5.73 Å². The van der Waals surface area contributed by atoms with Crippen molar-refractivity contribution in [1.82, 2.24) is 68.7 Å². The van der Waals surface area contributed by atoms with Gasteiger partial charge < -0.3 is 89.8 Å². The van der Waals surface area contributed by atoms with Crippen molar-refractivity contribution in [2.45, 2.75) is 158 Å². The minimum Gasteiger partial charge on any atom is -0.508 e. The lowest BCUT2D eigenvalue weighted by atomic mass is 9.97. The molecule has 4 fully saturated rings. The third kappa shape index (κ3) is 23.3. The summed E-state index contributed by atoms with van der Waals surface area (Å²) >= 11 is 0.